The Labute approximate surface area is 124 Å². The van der Waals surface area contributed by atoms with Gasteiger partial charge in [0.1, 0.15) is 5.52 Å². The van der Waals surface area contributed by atoms with E-state index in [0.717, 1.165) is 12.1 Å². The lowest BCUT2D eigenvalue weighted by Gasteiger charge is -2.11. The van der Waals surface area contributed by atoms with Crippen molar-refractivity contribution in [2.75, 3.05) is 0 Å². The number of rotatable bonds is 3. The van der Waals surface area contributed by atoms with Crippen LogP contribution in [0.15, 0.2) is 52.9 Å². The summed E-state index contributed by atoms with van der Waals surface area (Å²) in [6.07, 6.45) is -5.26. The summed E-state index contributed by atoms with van der Waals surface area (Å²) >= 11 is 0. The SMILES string of the molecule is OC(Cc1nc2ccccc2o1)c1ccc(C(F)(F)F)cc1. The summed E-state index contributed by atoms with van der Waals surface area (Å²) in [5, 5.41) is 10.1. The first-order valence-electron chi connectivity index (χ1n) is 6.63. The van der Waals surface area contributed by atoms with Crippen molar-refractivity contribution < 1.29 is 22.7 Å². The highest BCUT2D eigenvalue weighted by atomic mass is 19.4. The van der Waals surface area contributed by atoms with Gasteiger partial charge in [-0.3, -0.25) is 0 Å². The highest BCUT2D eigenvalue weighted by molar-refractivity contribution is 5.72. The van der Waals surface area contributed by atoms with Crippen molar-refractivity contribution in [1.29, 1.82) is 0 Å². The number of para-hydroxylation sites is 2. The number of hydrogen-bond acceptors (Lipinski definition) is 3. The lowest BCUT2D eigenvalue weighted by molar-refractivity contribution is -0.137. The van der Waals surface area contributed by atoms with E-state index in [1.165, 1.54) is 12.1 Å². The molecule has 0 saturated carbocycles. The summed E-state index contributed by atoms with van der Waals surface area (Å²) in [6.45, 7) is 0. The Morgan fingerprint density at radius 3 is 2.36 bits per heavy atom. The minimum absolute atomic E-state index is 0.0973. The number of fused-ring (bicyclic) bond motifs is 1. The minimum Gasteiger partial charge on any atom is -0.441 e. The lowest BCUT2D eigenvalue weighted by atomic mass is 10.0. The molecule has 2 aromatic carbocycles. The van der Waals surface area contributed by atoms with Gasteiger partial charge in [0.25, 0.3) is 0 Å². The molecule has 0 spiro atoms. The zero-order valence-electron chi connectivity index (χ0n) is 11.3. The maximum Gasteiger partial charge on any atom is 0.416 e. The van der Waals surface area contributed by atoms with Gasteiger partial charge in [-0.05, 0) is 29.8 Å². The van der Waals surface area contributed by atoms with Crippen molar-refractivity contribution >= 4 is 11.1 Å². The first kappa shape index (κ1) is 14.6. The molecule has 0 radical (unpaired) electrons. The number of aromatic nitrogens is 1. The predicted molar refractivity (Wildman–Crippen MR) is 74.1 cm³/mol. The fourth-order valence-corrected chi connectivity index (χ4v) is 2.18. The first-order valence-corrected chi connectivity index (χ1v) is 6.63. The monoisotopic (exact) mass is 307 g/mol. The maximum atomic E-state index is 12.5. The average Bonchev–Trinajstić information content (AvgIpc) is 2.88. The normalized spacial score (nSPS) is 13.5. The van der Waals surface area contributed by atoms with E-state index < -0.39 is 17.8 Å². The Morgan fingerprint density at radius 1 is 1.05 bits per heavy atom. The molecule has 6 heteroatoms. The summed E-state index contributed by atoms with van der Waals surface area (Å²) in [5.41, 5.74) is 0.926. The number of alkyl halides is 3. The molecule has 1 atom stereocenters. The second-order valence-corrected chi connectivity index (χ2v) is 4.92. The fraction of sp³-hybridized carbons (Fsp3) is 0.188. The van der Waals surface area contributed by atoms with E-state index in [0.29, 0.717) is 22.6 Å². The molecule has 22 heavy (non-hydrogen) atoms. The predicted octanol–water partition coefficient (Wildman–Crippen LogP) is 4.12. The molecule has 0 saturated heterocycles. The van der Waals surface area contributed by atoms with Crippen LogP contribution >= 0.6 is 0 Å². The van der Waals surface area contributed by atoms with Crippen molar-refractivity contribution in [3.63, 3.8) is 0 Å². The standard InChI is InChI=1S/C16H12F3NO2/c17-16(18,19)11-7-5-10(6-8-11)13(21)9-15-20-12-3-1-2-4-14(12)22-15/h1-8,13,21H,9H2. The number of halogens is 3. The Morgan fingerprint density at radius 2 is 1.73 bits per heavy atom. The van der Waals surface area contributed by atoms with E-state index in [1.807, 2.05) is 12.1 Å². The molecule has 3 nitrogen and oxygen atoms in total. The smallest absolute Gasteiger partial charge is 0.416 e. The highest BCUT2D eigenvalue weighted by Crippen LogP contribution is 2.30. The molecule has 3 rings (SSSR count). The largest absolute Gasteiger partial charge is 0.441 e. The molecule has 1 unspecified atom stereocenters. The van der Waals surface area contributed by atoms with E-state index in [1.54, 1.807) is 12.1 Å². The van der Waals surface area contributed by atoms with Crippen molar-refractivity contribution in [2.24, 2.45) is 0 Å². The van der Waals surface area contributed by atoms with Crippen molar-refractivity contribution in [1.82, 2.24) is 4.98 Å². The fourth-order valence-electron chi connectivity index (χ4n) is 2.18. The molecule has 0 aliphatic rings. The Bertz CT molecular complexity index is 745. The summed E-state index contributed by atoms with van der Waals surface area (Å²) in [7, 11) is 0. The molecule has 3 aromatic rings. The third kappa shape index (κ3) is 2.96. The van der Waals surface area contributed by atoms with Gasteiger partial charge in [0.2, 0.25) is 0 Å². The molecular formula is C16H12F3NO2. The van der Waals surface area contributed by atoms with Crippen LogP contribution in [0.3, 0.4) is 0 Å². The molecule has 1 N–H and O–H groups in total. The lowest BCUT2D eigenvalue weighted by Crippen LogP contribution is -2.06. The van der Waals surface area contributed by atoms with Gasteiger partial charge in [-0.1, -0.05) is 24.3 Å². The molecule has 114 valence electrons. The Hall–Kier alpha value is -2.34. The van der Waals surface area contributed by atoms with Crippen molar-refractivity contribution in [3.05, 3.63) is 65.5 Å². The molecule has 0 bridgehead atoms. The summed E-state index contributed by atoms with van der Waals surface area (Å²) in [4.78, 5) is 4.23. The summed E-state index contributed by atoms with van der Waals surface area (Å²) < 4.78 is 43.0. The second kappa shape index (κ2) is 5.46. The van der Waals surface area contributed by atoms with Crippen LogP contribution in [-0.2, 0) is 12.6 Å². The molecule has 0 amide bonds. The first-order chi connectivity index (χ1) is 10.4. The number of benzene rings is 2. The van der Waals surface area contributed by atoms with Crippen LogP contribution in [0.25, 0.3) is 11.1 Å². The molecule has 1 heterocycles. The number of hydrogen-bond donors (Lipinski definition) is 1. The van der Waals surface area contributed by atoms with Crippen LogP contribution in [0, 0.1) is 0 Å². The van der Waals surface area contributed by atoms with Gasteiger partial charge < -0.3 is 9.52 Å². The Balaban J connectivity index is 1.77. The molecule has 0 aliphatic carbocycles. The van der Waals surface area contributed by atoms with E-state index in [9.17, 15) is 18.3 Å². The van der Waals surface area contributed by atoms with Crippen LogP contribution < -0.4 is 0 Å². The average molecular weight is 307 g/mol. The van der Waals surface area contributed by atoms with Crippen molar-refractivity contribution in [2.45, 2.75) is 18.7 Å². The van der Waals surface area contributed by atoms with Gasteiger partial charge in [0, 0.05) is 0 Å². The zero-order chi connectivity index (χ0) is 15.7. The highest BCUT2D eigenvalue weighted by Gasteiger charge is 2.30. The van der Waals surface area contributed by atoms with Gasteiger partial charge in [-0.15, -0.1) is 0 Å². The Kier molecular flexibility index (Phi) is 3.62. The second-order valence-electron chi connectivity index (χ2n) is 4.92. The maximum absolute atomic E-state index is 12.5. The molecule has 0 fully saturated rings. The van der Waals surface area contributed by atoms with Crippen molar-refractivity contribution in [3.8, 4) is 0 Å². The van der Waals surface area contributed by atoms with Gasteiger partial charge in [0.15, 0.2) is 11.5 Å². The summed E-state index contributed by atoms with van der Waals surface area (Å²) in [5.74, 6) is 0.341. The number of aliphatic hydroxyl groups is 1. The van der Waals surface area contributed by atoms with E-state index >= 15 is 0 Å². The minimum atomic E-state index is -4.39. The third-order valence-corrected chi connectivity index (χ3v) is 3.33. The topological polar surface area (TPSA) is 46.3 Å². The summed E-state index contributed by atoms with van der Waals surface area (Å²) in [6, 6.07) is 11.6. The van der Waals surface area contributed by atoms with E-state index in [4.69, 9.17) is 4.42 Å². The molecule has 0 aliphatic heterocycles. The zero-order valence-corrected chi connectivity index (χ0v) is 11.3. The van der Waals surface area contributed by atoms with Crippen LogP contribution in [-0.4, -0.2) is 10.1 Å². The number of nitrogens with zero attached hydrogens (tertiary/aromatic N) is 1. The van der Waals surface area contributed by atoms with Gasteiger partial charge in [-0.2, -0.15) is 13.2 Å². The number of oxazole rings is 1. The quantitative estimate of drug-likeness (QED) is 0.791. The molecular weight excluding hydrogens is 295 g/mol. The third-order valence-electron chi connectivity index (χ3n) is 3.33. The van der Waals surface area contributed by atoms with Crippen LogP contribution in [0.2, 0.25) is 0 Å². The van der Waals surface area contributed by atoms with E-state index in [2.05, 4.69) is 4.98 Å². The molecule has 1 aromatic heterocycles. The van der Waals surface area contributed by atoms with Gasteiger partial charge in [-0.25, -0.2) is 4.98 Å². The van der Waals surface area contributed by atoms with Gasteiger partial charge in [0.05, 0.1) is 18.1 Å². The van der Waals surface area contributed by atoms with Gasteiger partial charge >= 0.3 is 6.18 Å². The number of aliphatic hydroxyl groups excluding tert-OH is 1. The van der Waals surface area contributed by atoms with Crippen LogP contribution in [0.4, 0.5) is 13.2 Å². The van der Waals surface area contributed by atoms with E-state index in [-0.39, 0.29) is 6.42 Å². The van der Waals surface area contributed by atoms with Crippen LogP contribution in [0.5, 0.6) is 0 Å². The van der Waals surface area contributed by atoms with Crippen LogP contribution in [0.1, 0.15) is 23.1 Å².